The van der Waals surface area contributed by atoms with Gasteiger partial charge in [-0.2, -0.15) is 11.8 Å². The molecule has 2 aromatic rings. The van der Waals surface area contributed by atoms with E-state index in [1.165, 1.54) is 18.4 Å². The number of thioether (sulfide) groups is 1. The molecule has 0 atom stereocenters. The lowest BCUT2D eigenvalue weighted by molar-refractivity contribution is 0.0920. The fourth-order valence-electron chi connectivity index (χ4n) is 2.89. The van der Waals surface area contributed by atoms with Crippen LogP contribution in [-0.4, -0.2) is 22.1 Å². The molecule has 0 radical (unpaired) electrons. The molecular formula is C17H21N3O2S. The van der Waals surface area contributed by atoms with Gasteiger partial charge >= 0.3 is 0 Å². The highest BCUT2D eigenvalue weighted by molar-refractivity contribution is 7.97. The Hall–Kier alpha value is -1.82. The van der Waals surface area contributed by atoms with Gasteiger partial charge in [0.2, 0.25) is 0 Å². The third-order valence-corrected chi connectivity index (χ3v) is 4.59. The van der Waals surface area contributed by atoms with Gasteiger partial charge in [-0.15, -0.1) is 0 Å². The zero-order valence-electron chi connectivity index (χ0n) is 13.5. The molecule has 0 unspecified atom stereocenters. The second-order valence-electron chi connectivity index (χ2n) is 5.74. The molecule has 3 rings (SSSR count). The first-order chi connectivity index (χ1) is 11.2. The van der Waals surface area contributed by atoms with Gasteiger partial charge in [-0.3, -0.25) is 4.79 Å². The first-order valence-corrected chi connectivity index (χ1v) is 9.28. The van der Waals surface area contributed by atoms with E-state index >= 15 is 0 Å². The molecule has 0 aromatic carbocycles. The smallest absolute Gasteiger partial charge is 0.287 e. The van der Waals surface area contributed by atoms with Gasteiger partial charge in [0, 0.05) is 11.4 Å². The van der Waals surface area contributed by atoms with Crippen LogP contribution < -0.4 is 5.32 Å². The number of amides is 1. The van der Waals surface area contributed by atoms with Crippen molar-refractivity contribution in [3.63, 3.8) is 0 Å². The van der Waals surface area contributed by atoms with Crippen LogP contribution in [0.5, 0.6) is 0 Å². The number of rotatable bonds is 5. The number of aryl methyl sites for hydroxylation is 2. The second kappa shape index (κ2) is 7.17. The van der Waals surface area contributed by atoms with Crippen LogP contribution >= 0.6 is 11.8 Å². The van der Waals surface area contributed by atoms with Crippen molar-refractivity contribution in [3.8, 4) is 0 Å². The fraction of sp³-hybridized carbons (Fsp3) is 0.471. The highest BCUT2D eigenvalue weighted by Crippen LogP contribution is 2.21. The Balaban J connectivity index is 1.65. The highest BCUT2D eigenvalue weighted by Gasteiger charge is 2.16. The summed E-state index contributed by atoms with van der Waals surface area (Å²) in [6.45, 7) is 2.35. The van der Waals surface area contributed by atoms with Crippen LogP contribution in [0.1, 0.15) is 51.9 Å². The quantitative estimate of drug-likeness (QED) is 0.912. The maximum Gasteiger partial charge on any atom is 0.287 e. The molecular weight excluding hydrogens is 310 g/mol. The SMILES string of the molecule is CSCc1ccc(C(=O)NCc2nc(C)c3c(n2)CCCC3)o1. The first kappa shape index (κ1) is 16.1. The Morgan fingerprint density at radius 2 is 2.13 bits per heavy atom. The number of fused-ring (bicyclic) bond motifs is 1. The van der Waals surface area contributed by atoms with Crippen LogP contribution in [0, 0.1) is 6.92 Å². The van der Waals surface area contributed by atoms with Crippen molar-refractivity contribution in [3.05, 3.63) is 46.4 Å². The highest BCUT2D eigenvalue weighted by atomic mass is 32.2. The van der Waals surface area contributed by atoms with Crippen LogP contribution in [0.15, 0.2) is 16.5 Å². The van der Waals surface area contributed by atoms with E-state index in [4.69, 9.17) is 4.42 Å². The minimum Gasteiger partial charge on any atom is -0.455 e. The molecule has 2 aromatic heterocycles. The molecule has 1 amide bonds. The van der Waals surface area contributed by atoms with E-state index in [0.29, 0.717) is 18.1 Å². The summed E-state index contributed by atoms with van der Waals surface area (Å²) >= 11 is 1.66. The summed E-state index contributed by atoms with van der Waals surface area (Å²) in [6.07, 6.45) is 6.47. The molecule has 6 heteroatoms. The van der Waals surface area contributed by atoms with E-state index in [9.17, 15) is 4.79 Å². The Bertz CT molecular complexity index is 712. The monoisotopic (exact) mass is 331 g/mol. The van der Waals surface area contributed by atoms with Crippen molar-refractivity contribution in [2.75, 3.05) is 6.26 Å². The summed E-state index contributed by atoms with van der Waals surface area (Å²) in [6, 6.07) is 3.55. The van der Waals surface area contributed by atoms with Crippen LogP contribution in [0.3, 0.4) is 0 Å². The summed E-state index contributed by atoms with van der Waals surface area (Å²) < 4.78 is 5.51. The van der Waals surface area contributed by atoms with Crippen molar-refractivity contribution in [2.45, 2.75) is 44.9 Å². The first-order valence-electron chi connectivity index (χ1n) is 7.88. The summed E-state index contributed by atoms with van der Waals surface area (Å²) in [7, 11) is 0. The third kappa shape index (κ3) is 3.75. The summed E-state index contributed by atoms with van der Waals surface area (Å²) in [5.41, 5.74) is 3.48. The Morgan fingerprint density at radius 3 is 2.96 bits per heavy atom. The number of hydrogen-bond acceptors (Lipinski definition) is 5. The average Bonchev–Trinajstić information content (AvgIpc) is 3.02. The van der Waals surface area contributed by atoms with Gasteiger partial charge in [0.05, 0.1) is 12.3 Å². The predicted octanol–water partition coefficient (Wildman–Crippen LogP) is 3.05. The van der Waals surface area contributed by atoms with Gasteiger partial charge in [0.15, 0.2) is 5.76 Å². The number of nitrogens with one attached hydrogen (secondary N) is 1. The Labute approximate surface area is 140 Å². The number of nitrogens with zero attached hydrogens (tertiary/aromatic N) is 2. The predicted molar refractivity (Wildman–Crippen MR) is 90.5 cm³/mol. The topological polar surface area (TPSA) is 68.0 Å². The molecule has 0 saturated heterocycles. The number of carbonyl (C=O) groups excluding carboxylic acids is 1. The number of hydrogen-bond donors (Lipinski definition) is 1. The molecule has 1 aliphatic carbocycles. The maximum atomic E-state index is 12.1. The molecule has 5 nitrogen and oxygen atoms in total. The molecule has 0 aliphatic heterocycles. The van der Waals surface area contributed by atoms with E-state index in [2.05, 4.69) is 15.3 Å². The molecule has 122 valence electrons. The van der Waals surface area contributed by atoms with Gasteiger partial charge in [0.1, 0.15) is 11.6 Å². The standard InChI is InChI=1S/C17H21N3O2S/c1-11-13-5-3-4-6-14(13)20-16(19-11)9-18-17(21)15-8-7-12(22-15)10-23-2/h7-8H,3-6,9-10H2,1-2H3,(H,18,21). The summed E-state index contributed by atoms with van der Waals surface area (Å²) in [5.74, 6) is 2.36. The second-order valence-corrected chi connectivity index (χ2v) is 6.61. The lowest BCUT2D eigenvalue weighted by atomic mass is 9.95. The average molecular weight is 331 g/mol. The zero-order valence-corrected chi connectivity index (χ0v) is 14.3. The largest absolute Gasteiger partial charge is 0.455 e. The third-order valence-electron chi connectivity index (χ3n) is 4.02. The summed E-state index contributed by atoms with van der Waals surface area (Å²) in [4.78, 5) is 21.3. The van der Waals surface area contributed by atoms with Crippen LogP contribution in [0.25, 0.3) is 0 Å². The fourth-order valence-corrected chi connectivity index (χ4v) is 3.33. The van der Waals surface area contributed by atoms with Gasteiger partial charge in [-0.1, -0.05) is 0 Å². The molecule has 0 bridgehead atoms. The normalized spacial score (nSPS) is 13.7. The minimum atomic E-state index is -0.226. The molecule has 1 N–H and O–H groups in total. The van der Waals surface area contributed by atoms with Crippen molar-refractivity contribution in [2.24, 2.45) is 0 Å². The lowest BCUT2D eigenvalue weighted by Gasteiger charge is -2.17. The van der Waals surface area contributed by atoms with E-state index in [1.807, 2.05) is 19.2 Å². The Kier molecular flexibility index (Phi) is 5.00. The number of furan rings is 1. The van der Waals surface area contributed by atoms with E-state index in [1.54, 1.807) is 17.8 Å². The molecule has 0 fully saturated rings. The van der Waals surface area contributed by atoms with E-state index in [-0.39, 0.29) is 5.91 Å². The maximum absolute atomic E-state index is 12.1. The minimum absolute atomic E-state index is 0.226. The number of carbonyl (C=O) groups is 1. The Morgan fingerprint density at radius 1 is 1.30 bits per heavy atom. The van der Waals surface area contributed by atoms with E-state index < -0.39 is 0 Å². The van der Waals surface area contributed by atoms with Gasteiger partial charge in [0.25, 0.3) is 5.91 Å². The molecule has 1 aliphatic rings. The van der Waals surface area contributed by atoms with E-state index in [0.717, 1.165) is 35.7 Å². The van der Waals surface area contributed by atoms with Crippen molar-refractivity contribution >= 4 is 17.7 Å². The van der Waals surface area contributed by atoms with Crippen molar-refractivity contribution < 1.29 is 9.21 Å². The zero-order chi connectivity index (χ0) is 16.2. The lowest BCUT2D eigenvalue weighted by Crippen LogP contribution is -2.24. The summed E-state index contributed by atoms with van der Waals surface area (Å²) in [5, 5.41) is 2.84. The molecule has 0 spiro atoms. The van der Waals surface area contributed by atoms with Gasteiger partial charge in [-0.25, -0.2) is 9.97 Å². The molecule has 23 heavy (non-hydrogen) atoms. The molecule has 0 saturated carbocycles. The van der Waals surface area contributed by atoms with Crippen molar-refractivity contribution in [1.29, 1.82) is 0 Å². The molecule has 2 heterocycles. The van der Waals surface area contributed by atoms with Crippen LogP contribution in [0.4, 0.5) is 0 Å². The van der Waals surface area contributed by atoms with Crippen molar-refractivity contribution in [1.82, 2.24) is 15.3 Å². The van der Waals surface area contributed by atoms with Gasteiger partial charge < -0.3 is 9.73 Å². The van der Waals surface area contributed by atoms with Crippen LogP contribution in [0.2, 0.25) is 0 Å². The van der Waals surface area contributed by atoms with Crippen LogP contribution in [-0.2, 0) is 25.1 Å². The number of aromatic nitrogens is 2. The van der Waals surface area contributed by atoms with Gasteiger partial charge in [-0.05, 0) is 56.6 Å².